The maximum atomic E-state index is 12.1. The van der Waals surface area contributed by atoms with E-state index >= 15 is 0 Å². The van der Waals surface area contributed by atoms with E-state index in [0.717, 1.165) is 5.56 Å². The molecule has 3 N–H and O–H groups in total. The van der Waals surface area contributed by atoms with Crippen LogP contribution in [0.3, 0.4) is 0 Å². The molecule has 1 aromatic heterocycles. The minimum Gasteiger partial charge on any atom is -0.398 e. The number of hydrogen-bond acceptors (Lipinski definition) is 5. The predicted octanol–water partition coefficient (Wildman–Crippen LogP) is 1.15. The Labute approximate surface area is 118 Å². The highest BCUT2D eigenvalue weighted by molar-refractivity contribution is 7.89. The third kappa shape index (κ3) is 3.31. The summed E-state index contributed by atoms with van der Waals surface area (Å²) >= 11 is 0. The monoisotopic (exact) mass is 292 g/mol. The van der Waals surface area contributed by atoms with E-state index < -0.39 is 10.0 Å². The number of anilines is 1. The number of benzene rings is 1. The molecule has 0 aliphatic rings. The first-order chi connectivity index (χ1) is 9.38. The molecule has 0 amide bonds. The molecule has 0 spiro atoms. The Bertz CT molecular complexity index is 729. The Balaban J connectivity index is 2.17. The van der Waals surface area contributed by atoms with Crippen molar-refractivity contribution in [2.75, 3.05) is 5.73 Å². The molecule has 0 bridgehead atoms. The Morgan fingerprint density at radius 3 is 2.65 bits per heavy atom. The van der Waals surface area contributed by atoms with Crippen LogP contribution in [-0.4, -0.2) is 18.4 Å². The van der Waals surface area contributed by atoms with Gasteiger partial charge in [0, 0.05) is 11.9 Å². The smallest absolute Gasteiger partial charge is 0.240 e. The van der Waals surface area contributed by atoms with Crippen molar-refractivity contribution in [2.24, 2.45) is 0 Å². The van der Waals surface area contributed by atoms with Gasteiger partial charge in [-0.1, -0.05) is 6.07 Å². The lowest BCUT2D eigenvalue weighted by Gasteiger charge is -2.08. The maximum Gasteiger partial charge on any atom is 0.240 e. The molecule has 0 unspecified atom stereocenters. The largest absolute Gasteiger partial charge is 0.398 e. The van der Waals surface area contributed by atoms with Crippen LogP contribution in [0.2, 0.25) is 0 Å². The fourth-order valence-corrected chi connectivity index (χ4v) is 2.68. The number of hydrogen-bond donors (Lipinski definition) is 2. The van der Waals surface area contributed by atoms with Gasteiger partial charge in [0.2, 0.25) is 10.0 Å². The molecular weight excluding hydrogens is 276 g/mol. The van der Waals surface area contributed by atoms with Crippen LogP contribution in [0, 0.1) is 13.8 Å². The van der Waals surface area contributed by atoms with E-state index in [1.54, 1.807) is 25.3 Å². The average molecular weight is 292 g/mol. The second-order valence-electron chi connectivity index (χ2n) is 4.44. The normalized spacial score (nSPS) is 11.5. The number of sulfonamides is 1. The summed E-state index contributed by atoms with van der Waals surface area (Å²) in [5.74, 6) is 0.598. The van der Waals surface area contributed by atoms with Crippen LogP contribution in [0.5, 0.6) is 0 Å². The molecular formula is C13H16N4O2S. The highest BCUT2D eigenvalue weighted by Gasteiger charge is 2.14. The van der Waals surface area contributed by atoms with Gasteiger partial charge in [-0.05, 0) is 37.6 Å². The van der Waals surface area contributed by atoms with E-state index in [9.17, 15) is 8.42 Å². The van der Waals surface area contributed by atoms with Crippen molar-refractivity contribution in [3.8, 4) is 0 Å². The topological polar surface area (TPSA) is 98.0 Å². The van der Waals surface area contributed by atoms with Gasteiger partial charge in [0.1, 0.15) is 5.82 Å². The lowest BCUT2D eigenvalue weighted by atomic mass is 10.2. The summed E-state index contributed by atoms with van der Waals surface area (Å²) in [6, 6.07) is 6.32. The van der Waals surface area contributed by atoms with Gasteiger partial charge in [-0.25, -0.2) is 23.1 Å². The predicted molar refractivity (Wildman–Crippen MR) is 76.4 cm³/mol. The lowest BCUT2D eigenvalue weighted by Crippen LogP contribution is -2.24. The third-order valence-corrected chi connectivity index (χ3v) is 4.24. The Hall–Kier alpha value is -1.99. The quantitative estimate of drug-likeness (QED) is 0.824. The van der Waals surface area contributed by atoms with Crippen molar-refractivity contribution in [3.63, 3.8) is 0 Å². The fourth-order valence-electron chi connectivity index (χ4n) is 1.64. The molecule has 0 radical (unpaired) electrons. The van der Waals surface area contributed by atoms with Crippen LogP contribution in [0.1, 0.15) is 17.1 Å². The molecule has 7 heteroatoms. The molecule has 2 rings (SSSR count). The zero-order chi connectivity index (χ0) is 14.8. The van der Waals surface area contributed by atoms with Gasteiger partial charge in [0.25, 0.3) is 0 Å². The molecule has 6 nitrogen and oxygen atoms in total. The Morgan fingerprint density at radius 1 is 1.25 bits per heavy atom. The molecule has 1 aromatic carbocycles. The Kier molecular flexibility index (Phi) is 4.01. The zero-order valence-electron chi connectivity index (χ0n) is 11.3. The number of rotatable bonds is 4. The van der Waals surface area contributed by atoms with E-state index in [2.05, 4.69) is 14.7 Å². The van der Waals surface area contributed by atoms with E-state index in [1.165, 1.54) is 12.1 Å². The van der Waals surface area contributed by atoms with Crippen molar-refractivity contribution >= 4 is 15.7 Å². The van der Waals surface area contributed by atoms with Crippen LogP contribution in [-0.2, 0) is 16.6 Å². The van der Waals surface area contributed by atoms with Crippen molar-refractivity contribution in [1.29, 1.82) is 0 Å². The number of nitrogen functional groups attached to an aromatic ring is 1. The van der Waals surface area contributed by atoms with E-state index in [4.69, 9.17) is 5.73 Å². The van der Waals surface area contributed by atoms with Crippen molar-refractivity contribution in [2.45, 2.75) is 25.3 Å². The first-order valence-electron chi connectivity index (χ1n) is 6.03. The minimum atomic E-state index is -3.60. The zero-order valence-corrected chi connectivity index (χ0v) is 12.1. The lowest BCUT2D eigenvalue weighted by molar-refractivity contribution is 0.580. The Morgan fingerprint density at radius 2 is 2.00 bits per heavy atom. The second kappa shape index (κ2) is 5.56. The average Bonchev–Trinajstić information content (AvgIpc) is 2.40. The highest BCUT2D eigenvalue weighted by Crippen LogP contribution is 2.17. The van der Waals surface area contributed by atoms with Crippen molar-refractivity contribution in [3.05, 3.63) is 47.5 Å². The number of aryl methyl sites for hydroxylation is 2. The summed E-state index contributed by atoms with van der Waals surface area (Å²) in [6.45, 7) is 3.68. The van der Waals surface area contributed by atoms with Gasteiger partial charge >= 0.3 is 0 Å². The molecule has 0 saturated heterocycles. The van der Waals surface area contributed by atoms with E-state index in [1.807, 2.05) is 6.92 Å². The number of nitrogens with two attached hydrogens (primary N) is 1. The highest BCUT2D eigenvalue weighted by atomic mass is 32.2. The molecule has 0 aliphatic carbocycles. The van der Waals surface area contributed by atoms with Crippen LogP contribution in [0.25, 0.3) is 0 Å². The summed E-state index contributed by atoms with van der Waals surface area (Å²) in [7, 11) is -3.60. The minimum absolute atomic E-state index is 0.111. The van der Waals surface area contributed by atoms with E-state index in [-0.39, 0.29) is 11.4 Å². The molecule has 106 valence electrons. The van der Waals surface area contributed by atoms with Gasteiger partial charge in [0.15, 0.2) is 0 Å². The third-order valence-electron chi connectivity index (χ3n) is 2.84. The summed E-state index contributed by atoms with van der Waals surface area (Å²) < 4.78 is 26.8. The molecule has 20 heavy (non-hydrogen) atoms. The fraction of sp³-hybridized carbons (Fsp3) is 0.231. The first kappa shape index (κ1) is 14.4. The maximum absolute atomic E-state index is 12.1. The molecule has 0 fully saturated rings. The van der Waals surface area contributed by atoms with E-state index in [0.29, 0.717) is 17.2 Å². The van der Waals surface area contributed by atoms with Crippen molar-refractivity contribution in [1.82, 2.24) is 14.7 Å². The van der Waals surface area contributed by atoms with Gasteiger partial charge < -0.3 is 5.73 Å². The first-order valence-corrected chi connectivity index (χ1v) is 7.51. The summed E-state index contributed by atoms with van der Waals surface area (Å²) in [5.41, 5.74) is 7.64. The second-order valence-corrected chi connectivity index (χ2v) is 6.21. The number of nitrogens with one attached hydrogen (secondary N) is 1. The summed E-state index contributed by atoms with van der Waals surface area (Å²) in [4.78, 5) is 8.24. The standard InChI is InChI=1S/C13H16N4O2S/c1-9-3-4-12(7-13(9)14)20(18,19)16-8-11-5-6-15-10(2)17-11/h3-7,16H,8,14H2,1-2H3. The number of aromatic nitrogens is 2. The number of nitrogens with zero attached hydrogens (tertiary/aromatic N) is 2. The molecule has 0 atom stereocenters. The van der Waals surface area contributed by atoms with Crippen LogP contribution >= 0.6 is 0 Å². The van der Waals surface area contributed by atoms with Crippen molar-refractivity contribution < 1.29 is 8.42 Å². The van der Waals surface area contributed by atoms with Crippen LogP contribution < -0.4 is 10.5 Å². The molecule has 0 saturated carbocycles. The van der Waals surface area contributed by atoms with Gasteiger partial charge in [0.05, 0.1) is 17.1 Å². The summed E-state index contributed by atoms with van der Waals surface area (Å²) in [6.07, 6.45) is 1.59. The van der Waals surface area contributed by atoms with Gasteiger partial charge in [-0.3, -0.25) is 0 Å². The van der Waals surface area contributed by atoms with Gasteiger partial charge in [-0.15, -0.1) is 0 Å². The molecule has 1 heterocycles. The molecule has 0 aliphatic heterocycles. The molecule has 2 aromatic rings. The SMILES string of the molecule is Cc1nccc(CNS(=O)(=O)c2ccc(C)c(N)c2)n1. The van der Waals surface area contributed by atoms with Crippen LogP contribution in [0.15, 0.2) is 35.4 Å². The summed E-state index contributed by atoms with van der Waals surface area (Å²) in [5, 5.41) is 0. The van der Waals surface area contributed by atoms with Gasteiger partial charge in [-0.2, -0.15) is 0 Å². The van der Waals surface area contributed by atoms with Crippen LogP contribution in [0.4, 0.5) is 5.69 Å².